The lowest BCUT2D eigenvalue weighted by Gasteiger charge is -2.00. The Kier molecular flexibility index (Phi) is 2.85. The Hall–Kier alpha value is -0.600. The first-order chi connectivity index (χ1) is 5.25. The first kappa shape index (κ1) is 8.50. The van der Waals surface area contributed by atoms with Crippen LogP contribution in [0, 0.1) is 12.2 Å². The third-order valence-corrected chi connectivity index (χ3v) is 1.58. The van der Waals surface area contributed by atoms with Crippen molar-refractivity contribution in [1.29, 1.82) is 0 Å². The number of rotatable bonds is 2. The van der Waals surface area contributed by atoms with Crippen molar-refractivity contribution in [3.63, 3.8) is 0 Å². The molecule has 0 aromatic heterocycles. The molecular weight excluding hydrogens is 167 g/mol. The van der Waals surface area contributed by atoms with Crippen LogP contribution < -0.4 is 0 Å². The van der Waals surface area contributed by atoms with Gasteiger partial charge in [-0.05, 0) is 11.6 Å². The van der Waals surface area contributed by atoms with Crippen LogP contribution in [0.15, 0.2) is 18.2 Å². The Morgan fingerprint density at radius 3 is 2.91 bits per heavy atom. The van der Waals surface area contributed by atoms with Crippen LogP contribution >= 0.6 is 11.6 Å². The van der Waals surface area contributed by atoms with Gasteiger partial charge in [0.1, 0.15) is 5.82 Å². The molecule has 0 spiro atoms. The Morgan fingerprint density at radius 1 is 1.55 bits per heavy atom. The SMILES string of the molecule is OC[CH]c1cccc(Cl)c1F. The van der Waals surface area contributed by atoms with E-state index in [2.05, 4.69) is 0 Å². The number of aliphatic hydroxyl groups is 1. The molecule has 0 fully saturated rings. The molecule has 3 heteroatoms. The van der Waals surface area contributed by atoms with E-state index in [9.17, 15) is 4.39 Å². The molecular formula is C8H7ClFO. The van der Waals surface area contributed by atoms with Gasteiger partial charge in [0, 0.05) is 6.42 Å². The van der Waals surface area contributed by atoms with Gasteiger partial charge in [0.05, 0.1) is 11.6 Å². The van der Waals surface area contributed by atoms with Crippen molar-refractivity contribution in [3.05, 3.63) is 41.0 Å². The fourth-order valence-corrected chi connectivity index (χ4v) is 0.958. The third kappa shape index (κ3) is 1.91. The van der Waals surface area contributed by atoms with Gasteiger partial charge in [-0.25, -0.2) is 4.39 Å². The molecule has 1 radical (unpaired) electrons. The number of halogens is 2. The van der Waals surface area contributed by atoms with Crippen molar-refractivity contribution in [1.82, 2.24) is 0 Å². The van der Waals surface area contributed by atoms with Crippen LogP contribution in [-0.4, -0.2) is 11.7 Å². The molecule has 1 N–H and O–H groups in total. The highest BCUT2D eigenvalue weighted by molar-refractivity contribution is 6.30. The predicted molar refractivity (Wildman–Crippen MR) is 41.9 cm³/mol. The third-order valence-electron chi connectivity index (χ3n) is 1.29. The maximum atomic E-state index is 12.9. The Balaban J connectivity index is 2.96. The van der Waals surface area contributed by atoms with E-state index in [1.807, 2.05) is 0 Å². The molecule has 1 nitrogen and oxygen atoms in total. The average molecular weight is 174 g/mol. The van der Waals surface area contributed by atoms with E-state index < -0.39 is 5.82 Å². The molecule has 0 bridgehead atoms. The molecule has 11 heavy (non-hydrogen) atoms. The van der Waals surface area contributed by atoms with Gasteiger partial charge in [-0.3, -0.25) is 0 Å². The zero-order valence-electron chi connectivity index (χ0n) is 5.72. The van der Waals surface area contributed by atoms with Gasteiger partial charge in [-0.15, -0.1) is 0 Å². The summed E-state index contributed by atoms with van der Waals surface area (Å²) in [6.45, 7) is -0.183. The van der Waals surface area contributed by atoms with Gasteiger partial charge in [-0.2, -0.15) is 0 Å². The van der Waals surface area contributed by atoms with Gasteiger partial charge < -0.3 is 5.11 Å². The lowest BCUT2D eigenvalue weighted by molar-refractivity contribution is 0.330. The second-order valence-electron chi connectivity index (χ2n) is 2.03. The molecule has 1 aromatic carbocycles. The summed E-state index contributed by atoms with van der Waals surface area (Å²) in [6, 6.07) is 4.65. The molecule has 59 valence electrons. The van der Waals surface area contributed by atoms with E-state index in [1.165, 1.54) is 12.5 Å². The standard InChI is InChI=1S/C8H7ClFO/c9-7-3-1-2-6(4-5-11)8(7)10/h1-4,11H,5H2. The van der Waals surface area contributed by atoms with Gasteiger partial charge in [0.2, 0.25) is 0 Å². The van der Waals surface area contributed by atoms with E-state index in [1.54, 1.807) is 12.1 Å². The quantitative estimate of drug-likeness (QED) is 0.726. The van der Waals surface area contributed by atoms with Crippen molar-refractivity contribution in [3.8, 4) is 0 Å². The highest BCUT2D eigenvalue weighted by atomic mass is 35.5. The first-order valence-electron chi connectivity index (χ1n) is 3.14. The van der Waals surface area contributed by atoms with E-state index in [0.29, 0.717) is 5.56 Å². The number of hydrogen-bond donors (Lipinski definition) is 1. The molecule has 0 aliphatic heterocycles. The lowest BCUT2D eigenvalue weighted by Crippen LogP contribution is -1.91. The smallest absolute Gasteiger partial charge is 0.145 e. The molecule has 0 saturated heterocycles. The average Bonchev–Trinajstić information content (AvgIpc) is 1.99. The van der Waals surface area contributed by atoms with Gasteiger partial charge in [0.25, 0.3) is 0 Å². The van der Waals surface area contributed by atoms with Crippen molar-refractivity contribution in [2.45, 2.75) is 0 Å². The fraction of sp³-hybridized carbons (Fsp3) is 0.125. The van der Waals surface area contributed by atoms with E-state index in [4.69, 9.17) is 16.7 Å². The monoisotopic (exact) mass is 173 g/mol. The van der Waals surface area contributed by atoms with Crippen molar-refractivity contribution in [2.24, 2.45) is 0 Å². The Labute approximate surface area is 69.4 Å². The summed E-state index contributed by atoms with van der Waals surface area (Å²) in [5.41, 5.74) is 0.333. The minimum absolute atomic E-state index is 0.0761. The van der Waals surface area contributed by atoms with Crippen LogP contribution in [0.5, 0.6) is 0 Å². The molecule has 0 saturated carbocycles. The molecule has 0 unspecified atom stereocenters. The van der Waals surface area contributed by atoms with Crippen LogP contribution in [0.2, 0.25) is 5.02 Å². The zero-order chi connectivity index (χ0) is 8.27. The molecule has 0 heterocycles. The summed E-state index contributed by atoms with van der Waals surface area (Å²) in [7, 11) is 0. The Morgan fingerprint density at radius 2 is 2.27 bits per heavy atom. The second-order valence-corrected chi connectivity index (χ2v) is 2.44. The van der Waals surface area contributed by atoms with E-state index in [0.717, 1.165) is 0 Å². The van der Waals surface area contributed by atoms with E-state index >= 15 is 0 Å². The van der Waals surface area contributed by atoms with Crippen LogP contribution in [-0.2, 0) is 0 Å². The van der Waals surface area contributed by atoms with E-state index in [-0.39, 0.29) is 11.6 Å². The maximum absolute atomic E-state index is 12.9. The number of hydrogen-bond acceptors (Lipinski definition) is 1. The summed E-state index contributed by atoms with van der Waals surface area (Å²) in [6.07, 6.45) is 1.36. The minimum atomic E-state index is -0.483. The summed E-state index contributed by atoms with van der Waals surface area (Å²) in [5.74, 6) is -0.483. The fourth-order valence-electron chi connectivity index (χ4n) is 0.776. The Bertz CT molecular complexity index is 250. The summed E-state index contributed by atoms with van der Waals surface area (Å²) < 4.78 is 12.9. The van der Waals surface area contributed by atoms with Gasteiger partial charge in [0.15, 0.2) is 0 Å². The van der Waals surface area contributed by atoms with Crippen LogP contribution in [0.3, 0.4) is 0 Å². The summed E-state index contributed by atoms with van der Waals surface area (Å²) in [5, 5.41) is 8.55. The van der Waals surface area contributed by atoms with Gasteiger partial charge >= 0.3 is 0 Å². The summed E-state index contributed by atoms with van der Waals surface area (Å²) in [4.78, 5) is 0. The highest BCUT2D eigenvalue weighted by Crippen LogP contribution is 2.18. The number of aliphatic hydroxyl groups excluding tert-OH is 1. The molecule has 0 aliphatic carbocycles. The number of benzene rings is 1. The van der Waals surface area contributed by atoms with Crippen molar-refractivity contribution in [2.75, 3.05) is 6.61 Å². The van der Waals surface area contributed by atoms with Gasteiger partial charge in [-0.1, -0.05) is 23.7 Å². The topological polar surface area (TPSA) is 20.2 Å². The predicted octanol–water partition coefficient (Wildman–Crippen LogP) is 2.02. The van der Waals surface area contributed by atoms with Crippen LogP contribution in [0.4, 0.5) is 4.39 Å². The highest BCUT2D eigenvalue weighted by Gasteiger charge is 2.04. The molecule has 1 aromatic rings. The molecule has 1 rings (SSSR count). The molecule has 0 amide bonds. The normalized spacial score (nSPS) is 10.1. The maximum Gasteiger partial charge on any atom is 0.145 e. The van der Waals surface area contributed by atoms with Crippen molar-refractivity contribution < 1.29 is 9.50 Å². The molecule has 0 atom stereocenters. The minimum Gasteiger partial charge on any atom is -0.396 e. The van der Waals surface area contributed by atoms with Crippen LogP contribution in [0.1, 0.15) is 5.56 Å². The first-order valence-corrected chi connectivity index (χ1v) is 3.51. The van der Waals surface area contributed by atoms with Crippen molar-refractivity contribution >= 4 is 11.6 Å². The second kappa shape index (κ2) is 3.69. The largest absolute Gasteiger partial charge is 0.396 e. The lowest BCUT2D eigenvalue weighted by atomic mass is 10.1. The zero-order valence-corrected chi connectivity index (χ0v) is 6.48. The molecule has 0 aliphatic rings. The van der Waals surface area contributed by atoms with Crippen LogP contribution in [0.25, 0.3) is 0 Å². The summed E-state index contributed by atoms with van der Waals surface area (Å²) >= 11 is 5.47.